The van der Waals surface area contributed by atoms with Gasteiger partial charge in [-0.15, -0.1) is 0 Å². The Morgan fingerprint density at radius 1 is 1.38 bits per heavy atom. The number of aliphatic hydroxyl groups is 1. The van der Waals surface area contributed by atoms with Gasteiger partial charge in [-0.3, -0.25) is 4.57 Å². The molecule has 2 rings (SSSR count). The second kappa shape index (κ2) is 4.11. The minimum Gasteiger partial charge on any atom is -0.392 e. The second-order valence-electron chi connectivity index (χ2n) is 3.22. The van der Waals surface area contributed by atoms with Crippen molar-refractivity contribution in [2.45, 2.75) is 6.61 Å². The molecule has 16 heavy (non-hydrogen) atoms. The lowest BCUT2D eigenvalue weighted by Crippen LogP contribution is -1.91. The van der Waals surface area contributed by atoms with Crippen molar-refractivity contribution in [3.8, 4) is 5.69 Å². The maximum Gasteiger partial charge on any atom is 0.381 e. The fraction of sp³-hybridized carbons (Fsp3) is 0.100. The third-order valence-corrected chi connectivity index (χ3v) is 2.17. The van der Waals surface area contributed by atoms with E-state index >= 15 is 0 Å². The quantitative estimate of drug-likeness (QED) is 0.622. The highest BCUT2D eigenvalue weighted by Gasteiger charge is 2.10. The molecule has 0 amide bonds. The van der Waals surface area contributed by atoms with E-state index in [4.69, 9.17) is 5.11 Å². The Hall–Kier alpha value is -2.21. The average Bonchev–Trinajstić information content (AvgIpc) is 2.78. The van der Waals surface area contributed by atoms with Crippen molar-refractivity contribution < 1.29 is 10.0 Å². The minimum absolute atomic E-state index is 0.0235. The predicted molar refractivity (Wildman–Crippen MR) is 56.1 cm³/mol. The van der Waals surface area contributed by atoms with E-state index in [1.165, 1.54) is 12.5 Å². The maximum atomic E-state index is 10.4. The maximum absolute atomic E-state index is 10.4. The lowest BCUT2D eigenvalue weighted by Gasteiger charge is -2.00. The van der Waals surface area contributed by atoms with Gasteiger partial charge in [0.15, 0.2) is 0 Å². The summed E-state index contributed by atoms with van der Waals surface area (Å²) in [4.78, 5) is 13.5. The lowest BCUT2D eigenvalue weighted by atomic mass is 10.2. The van der Waals surface area contributed by atoms with Crippen LogP contribution in [-0.4, -0.2) is 19.6 Å². The van der Waals surface area contributed by atoms with Crippen LogP contribution < -0.4 is 0 Å². The van der Waals surface area contributed by atoms with E-state index in [2.05, 4.69) is 4.98 Å². The Kier molecular flexibility index (Phi) is 2.65. The van der Waals surface area contributed by atoms with Gasteiger partial charge >= 0.3 is 5.82 Å². The first-order valence-electron chi connectivity index (χ1n) is 4.59. The lowest BCUT2D eigenvalue weighted by molar-refractivity contribution is -0.389. The van der Waals surface area contributed by atoms with Crippen LogP contribution in [0.25, 0.3) is 5.69 Å². The van der Waals surface area contributed by atoms with Crippen molar-refractivity contribution >= 4 is 5.82 Å². The molecular weight excluding hydrogens is 210 g/mol. The van der Waals surface area contributed by atoms with Gasteiger partial charge in [0.05, 0.1) is 6.61 Å². The molecule has 0 spiro atoms. The smallest absolute Gasteiger partial charge is 0.381 e. The molecule has 2 aromatic rings. The summed E-state index contributed by atoms with van der Waals surface area (Å²) < 4.78 is 1.55. The number of benzene rings is 1. The van der Waals surface area contributed by atoms with Gasteiger partial charge < -0.3 is 15.2 Å². The number of aliphatic hydroxyl groups excluding tert-OH is 1. The standard InChI is InChI=1S/C10H9N3O3/c14-6-8-1-3-9(4-2-8)12-5-10(11-7-12)13(15)16/h1-5,7,14H,6H2. The normalized spacial score (nSPS) is 10.3. The van der Waals surface area contributed by atoms with Crippen LogP contribution in [0.15, 0.2) is 36.8 Å². The van der Waals surface area contributed by atoms with Crippen LogP contribution in [0.3, 0.4) is 0 Å². The first kappa shape index (κ1) is 10.3. The van der Waals surface area contributed by atoms with Gasteiger partial charge in [0, 0.05) is 5.69 Å². The topological polar surface area (TPSA) is 81.2 Å². The molecule has 82 valence electrons. The van der Waals surface area contributed by atoms with Crippen molar-refractivity contribution in [1.29, 1.82) is 0 Å². The molecule has 0 unspecified atom stereocenters. The minimum atomic E-state index is -0.543. The summed E-state index contributed by atoms with van der Waals surface area (Å²) in [6.07, 6.45) is 2.72. The SMILES string of the molecule is O=[N+]([O-])c1cn(-c2ccc(CO)cc2)cn1. The zero-order valence-corrected chi connectivity index (χ0v) is 8.28. The van der Waals surface area contributed by atoms with Gasteiger partial charge in [0.1, 0.15) is 6.20 Å². The summed E-state index contributed by atoms with van der Waals surface area (Å²) in [5, 5.41) is 19.3. The molecule has 0 saturated heterocycles. The number of aromatic nitrogens is 2. The third kappa shape index (κ3) is 1.91. The van der Waals surface area contributed by atoms with E-state index in [-0.39, 0.29) is 12.4 Å². The summed E-state index contributed by atoms with van der Waals surface area (Å²) >= 11 is 0. The molecule has 0 radical (unpaired) electrons. The van der Waals surface area contributed by atoms with Crippen molar-refractivity contribution in [2.75, 3.05) is 0 Å². The molecule has 0 aliphatic carbocycles. The Morgan fingerprint density at radius 3 is 2.56 bits per heavy atom. The molecular formula is C10H9N3O3. The van der Waals surface area contributed by atoms with Crippen LogP contribution in [0.1, 0.15) is 5.56 Å². The Bertz CT molecular complexity index is 504. The largest absolute Gasteiger partial charge is 0.392 e. The second-order valence-corrected chi connectivity index (χ2v) is 3.22. The molecule has 6 heteroatoms. The number of nitrogens with zero attached hydrogens (tertiary/aromatic N) is 3. The summed E-state index contributed by atoms with van der Waals surface area (Å²) in [7, 11) is 0. The van der Waals surface area contributed by atoms with E-state index in [1.54, 1.807) is 28.8 Å². The summed E-state index contributed by atoms with van der Waals surface area (Å²) in [6, 6.07) is 7.02. The highest BCUT2D eigenvalue weighted by atomic mass is 16.6. The Balaban J connectivity index is 2.31. The van der Waals surface area contributed by atoms with E-state index in [0.29, 0.717) is 0 Å². The number of nitro groups is 1. The number of hydrogen-bond donors (Lipinski definition) is 1. The van der Waals surface area contributed by atoms with Crippen LogP contribution in [0.5, 0.6) is 0 Å². The summed E-state index contributed by atoms with van der Waals surface area (Å²) in [5.74, 6) is -0.189. The Morgan fingerprint density at radius 2 is 2.06 bits per heavy atom. The van der Waals surface area contributed by atoms with Gasteiger partial charge in [-0.25, -0.2) is 0 Å². The molecule has 0 fully saturated rings. The van der Waals surface area contributed by atoms with E-state index in [1.807, 2.05) is 0 Å². The van der Waals surface area contributed by atoms with Crippen LogP contribution in [-0.2, 0) is 6.61 Å². The molecule has 1 aromatic heterocycles. The molecule has 0 bridgehead atoms. The highest BCUT2D eigenvalue weighted by Crippen LogP contribution is 2.13. The fourth-order valence-electron chi connectivity index (χ4n) is 1.32. The van der Waals surface area contributed by atoms with Gasteiger partial charge in [-0.05, 0) is 27.6 Å². The summed E-state index contributed by atoms with van der Waals surface area (Å²) in [6.45, 7) is -0.0235. The zero-order valence-electron chi connectivity index (χ0n) is 8.28. The molecule has 1 aromatic carbocycles. The molecule has 6 nitrogen and oxygen atoms in total. The van der Waals surface area contributed by atoms with Crippen molar-refractivity contribution in [2.24, 2.45) is 0 Å². The number of rotatable bonds is 3. The van der Waals surface area contributed by atoms with Crippen LogP contribution in [0.2, 0.25) is 0 Å². The molecule has 0 atom stereocenters. The zero-order chi connectivity index (χ0) is 11.5. The first-order valence-corrected chi connectivity index (χ1v) is 4.59. The molecule has 1 N–H and O–H groups in total. The molecule has 0 aliphatic heterocycles. The van der Waals surface area contributed by atoms with Crippen LogP contribution in [0, 0.1) is 10.1 Å². The van der Waals surface area contributed by atoms with Crippen LogP contribution >= 0.6 is 0 Å². The van der Waals surface area contributed by atoms with Gasteiger partial charge in [-0.1, -0.05) is 12.1 Å². The van der Waals surface area contributed by atoms with E-state index in [9.17, 15) is 10.1 Å². The van der Waals surface area contributed by atoms with Gasteiger partial charge in [0.2, 0.25) is 6.33 Å². The van der Waals surface area contributed by atoms with Gasteiger partial charge in [0.25, 0.3) is 0 Å². The van der Waals surface area contributed by atoms with Gasteiger partial charge in [-0.2, -0.15) is 0 Å². The first-order chi connectivity index (χ1) is 7.70. The molecule has 1 heterocycles. The van der Waals surface area contributed by atoms with Crippen LogP contribution in [0.4, 0.5) is 5.82 Å². The molecule has 0 saturated carbocycles. The van der Waals surface area contributed by atoms with E-state index < -0.39 is 4.92 Å². The average molecular weight is 219 g/mol. The van der Waals surface area contributed by atoms with Crippen molar-refractivity contribution in [1.82, 2.24) is 9.55 Å². The number of imidazole rings is 1. The number of hydrogen-bond acceptors (Lipinski definition) is 4. The third-order valence-electron chi connectivity index (χ3n) is 2.17. The fourth-order valence-corrected chi connectivity index (χ4v) is 1.32. The summed E-state index contributed by atoms with van der Waals surface area (Å²) in [5.41, 5.74) is 1.55. The van der Waals surface area contributed by atoms with Crippen molar-refractivity contribution in [3.63, 3.8) is 0 Å². The van der Waals surface area contributed by atoms with Crippen molar-refractivity contribution in [3.05, 3.63) is 52.5 Å². The van der Waals surface area contributed by atoms with E-state index in [0.717, 1.165) is 11.3 Å². The molecule has 0 aliphatic rings. The predicted octanol–water partition coefficient (Wildman–Crippen LogP) is 1.27. The highest BCUT2D eigenvalue weighted by molar-refractivity contribution is 5.36. The monoisotopic (exact) mass is 219 g/mol. The Labute approximate surface area is 90.9 Å².